The summed E-state index contributed by atoms with van der Waals surface area (Å²) in [5, 5.41) is 1.95. The summed E-state index contributed by atoms with van der Waals surface area (Å²) >= 11 is 1.53. The lowest BCUT2D eigenvalue weighted by atomic mass is 10.1. The van der Waals surface area contributed by atoms with Crippen molar-refractivity contribution in [3.05, 3.63) is 69.7 Å². The summed E-state index contributed by atoms with van der Waals surface area (Å²) in [5.74, 6) is 1.17. The van der Waals surface area contributed by atoms with Gasteiger partial charge in [-0.1, -0.05) is 12.1 Å². The molecule has 0 aliphatic carbocycles. The molecule has 0 N–H and O–H groups in total. The van der Waals surface area contributed by atoms with Crippen LogP contribution in [0.3, 0.4) is 0 Å². The SMILES string of the molecule is COc1cc(C(=O)N2CCN(c3cccc(C)c3C)CC2)ccc1OCc1cscn1. The number of methoxy groups -OCH3 is 1. The van der Waals surface area contributed by atoms with Crippen molar-refractivity contribution in [2.24, 2.45) is 0 Å². The molecule has 0 bridgehead atoms. The number of thiazole rings is 1. The molecule has 6 nitrogen and oxygen atoms in total. The van der Waals surface area contributed by atoms with E-state index in [1.807, 2.05) is 10.3 Å². The zero-order valence-electron chi connectivity index (χ0n) is 18.1. The third-order valence-electron chi connectivity index (χ3n) is 5.75. The van der Waals surface area contributed by atoms with E-state index in [2.05, 4.69) is 41.9 Å². The topological polar surface area (TPSA) is 54.9 Å². The molecule has 1 amide bonds. The molecule has 31 heavy (non-hydrogen) atoms. The summed E-state index contributed by atoms with van der Waals surface area (Å²) in [6, 6.07) is 11.8. The number of hydrogen-bond acceptors (Lipinski definition) is 6. The van der Waals surface area contributed by atoms with E-state index in [1.54, 1.807) is 30.8 Å². The van der Waals surface area contributed by atoms with Gasteiger partial charge < -0.3 is 19.3 Å². The molecule has 1 aliphatic rings. The molecule has 1 aromatic heterocycles. The Bertz CT molecular complexity index is 1040. The molecule has 4 rings (SSSR count). The molecule has 0 unspecified atom stereocenters. The van der Waals surface area contributed by atoms with Gasteiger partial charge in [-0.2, -0.15) is 0 Å². The maximum atomic E-state index is 13.1. The second kappa shape index (κ2) is 9.39. The molecule has 1 aliphatic heterocycles. The Kier molecular flexibility index (Phi) is 6.42. The fourth-order valence-electron chi connectivity index (χ4n) is 3.79. The highest BCUT2D eigenvalue weighted by molar-refractivity contribution is 7.07. The molecule has 1 fully saturated rings. The number of nitrogens with zero attached hydrogens (tertiary/aromatic N) is 3. The van der Waals surface area contributed by atoms with Crippen molar-refractivity contribution in [2.75, 3.05) is 38.2 Å². The molecular formula is C24H27N3O3S. The van der Waals surface area contributed by atoms with Crippen LogP contribution in [0.25, 0.3) is 0 Å². The third kappa shape index (κ3) is 4.66. The Morgan fingerprint density at radius 3 is 2.61 bits per heavy atom. The Labute approximate surface area is 187 Å². The highest BCUT2D eigenvalue weighted by Gasteiger charge is 2.24. The summed E-state index contributed by atoms with van der Waals surface area (Å²) in [7, 11) is 1.59. The Morgan fingerprint density at radius 1 is 1.10 bits per heavy atom. The average molecular weight is 438 g/mol. The molecule has 0 radical (unpaired) electrons. The predicted octanol–water partition coefficient (Wildman–Crippen LogP) is 4.31. The van der Waals surface area contributed by atoms with Gasteiger partial charge in [0.2, 0.25) is 0 Å². The standard InChI is InChI=1S/C24H27N3O3S/c1-17-5-4-6-21(18(17)2)26-9-11-27(12-10-26)24(28)19-7-8-22(23(13-19)29-3)30-14-20-15-31-16-25-20/h4-8,13,15-16H,9-12,14H2,1-3H3. The fourth-order valence-corrected chi connectivity index (χ4v) is 4.33. The first-order valence-corrected chi connectivity index (χ1v) is 11.3. The maximum absolute atomic E-state index is 13.1. The van der Waals surface area contributed by atoms with Crippen LogP contribution in [0.15, 0.2) is 47.3 Å². The van der Waals surface area contributed by atoms with Crippen molar-refractivity contribution < 1.29 is 14.3 Å². The van der Waals surface area contributed by atoms with Crippen molar-refractivity contribution in [1.29, 1.82) is 0 Å². The summed E-state index contributed by atoms with van der Waals surface area (Å²) in [6.07, 6.45) is 0. The van der Waals surface area contributed by atoms with Gasteiger partial charge in [-0.3, -0.25) is 4.79 Å². The second-order valence-corrected chi connectivity index (χ2v) is 8.35. The molecule has 162 valence electrons. The van der Waals surface area contributed by atoms with Gasteiger partial charge in [0.25, 0.3) is 5.91 Å². The van der Waals surface area contributed by atoms with Crippen molar-refractivity contribution in [3.63, 3.8) is 0 Å². The number of carbonyl (C=O) groups is 1. The van der Waals surface area contributed by atoms with Crippen LogP contribution >= 0.6 is 11.3 Å². The Morgan fingerprint density at radius 2 is 1.90 bits per heavy atom. The Balaban J connectivity index is 1.41. The lowest BCUT2D eigenvalue weighted by Gasteiger charge is -2.37. The van der Waals surface area contributed by atoms with Gasteiger partial charge in [0.15, 0.2) is 11.5 Å². The van der Waals surface area contributed by atoms with E-state index in [1.165, 1.54) is 28.2 Å². The molecule has 0 spiro atoms. The van der Waals surface area contributed by atoms with E-state index < -0.39 is 0 Å². The molecule has 2 heterocycles. The summed E-state index contributed by atoms with van der Waals surface area (Å²) in [6.45, 7) is 7.69. The number of rotatable bonds is 6. The molecule has 1 saturated heterocycles. The van der Waals surface area contributed by atoms with Gasteiger partial charge >= 0.3 is 0 Å². The number of benzene rings is 2. The smallest absolute Gasteiger partial charge is 0.254 e. The minimum atomic E-state index is 0.0185. The third-order valence-corrected chi connectivity index (χ3v) is 6.39. The molecule has 2 aromatic carbocycles. The van der Waals surface area contributed by atoms with Gasteiger partial charge in [0.1, 0.15) is 6.61 Å². The van der Waals surface area contributed by atoms with E-state index in [0.717, 1.165) is 18.8 Å². The van der Waals surface area contributed by atoms with Gasteiger partial charge in [-0.05, 0) is 49.2 Å². The van der Waals surface area contributed by atoms with Crippen LogP contribution in [0.4, 0.5) is 5.69 Å². The van der Waals surface area contributed by atoms with Crippen LogP contribution < -0.4 is 14.4 Å². The summed E-state index contributed by atoms with van der Waals surface area (Å²) < 4.78 is 11.3. The normalized spacial score (nSPS) is 13.9. The van der Waals surface area contributed by atoms with Crippen molar-refractivity contribution >= 4 is 22.9 Å². The predicted molar refractivity (Wildman–Crippen MR) is 123 cm³/mol. The van der Waals surface area contributed by atoms with Gasteiger partial charge in [-0.15, -0.1) is 11.3 Å². The number of amides is 1. The van der Waals surface area contributed by atoms with Crippen LogP contribution in [-0.2, 0) is 6.61 Å². The molecule has 0 atom stereocenters. The van der Waals surface area contributed by atoms with Crippen LogP contribution in [0.1, 0.15) is 27.2 Å². The largest absolute Gasteiger partial charge is 0.493 e. The monoisotopic (exact) mass is 437 g/mol. The van der Waals surface area contributed by atoms with Crippen LogP contribution in [-0.4, -0.2) is 49.1 Å². The lowest BCUT2D eigenvalue weighted by molar-refractivity contribution is 0.0746. The lowest BCUT2D eigenvalue weighted by Crippen LogP contribution is -2.49. The van der Waals surface area contributed by atoms with E-state index in [9.17, 15) is 4.79 Å². The van der Waals surface area contributed by atoms with E-state index in [0.29, 0.717) is 36.8 Å². The van der Waals surface area contributed by atoms with E-state index >= 15 is 0 Å². The number of piperazine rings is 1. The van der Waals surface area contributed by atoms with Crippen LogP contribution in [0, 0.1) is 13.8 Å². The number of carbonyl (C=O) groups excluding carboxylic acids is 1. The zero-order valence-corrected chi connectivity index (χ0v) is 18.9. The number of ether oxygens (including phenoxy) is 2. The minimum Gasteiger partial charge on any atom is -0.493 e. The summed E-state index contributed by atoms with van der Waals surface area (Å²) in [5.41, 5.74) is 7.11. The summed E-state index contributed by atoms with van der Waals surface area (Å²) in [4.78, 5) is 21.6. The highest BCUT2D eigenvalue weighted by Crippen LogP contribution is 2.30. The number of anilines is 1. The van der Waals surface area contributed by atoms with Gasteiger partial charge in [0.05, 0.1) is 18.3 Å². The molecule has 3 aromatic rings. The van der Waals surface area contributed by atoms with Crippen molar-refractivity contribution in [2.45, 2.75) is 20.5 Å². The zero-order chi connectivity index (χ0) is 21.8. The van der Waals surface area contributed by atoms with Gasteiger partial charge in [0, 0.05) is 42.8 Å². The number of hydrogen-bond donors (Lipinski definition) is 0. The van der Waals surface area contributed by atoms with Crippen molar-refractivity contribution in [3.8, 4) is 11.5 Å². The fraction of sp³-hybridized carbons (Fsp3) is 0.333. The first-order valence-electron chi connectivity index (χ1n) is 10.3. The van der Waals surface area contributed by atoms with E-state index in [-0.39, 0.29) is 5.91 Å². The second-order valence-electron chi connectivity index (χ2n) is 7.63. The molecule has 0 saturated carbocycles. The average Bonchev–Trinajstić information content (AvgIpc) is 3.33. The van der Waals surface area contributed by atoms with Crippen molar-refractivity contribution in [1.82, 2.24) is 9.88 Å². The maximum Gasteiger partial charge on any atom is 0.254 e. The number of aryl methyl sites for hydroxylation is 1. The quantitative estimate of drug-likeness (QED) is 0.575. The minimum absolute atomic E-state index is 0.0185. The Hall–Kier alpha value is -3.06. The first kappa shape index (κ1) is 21.2. The first-order chi connectivity index (χ1) is 15.1. The van der Waals surface area contributed by atoms with Crippen LogP contribution in [0.2, 0.25) is 0 Å². The highest BCUT2D eigenvalue weighted by atomic mass is 32.1. The van der Waals surface area contributed by atoms with Gasteiger partial charge in [-0.25, -0.2) is 4.98 Å². The van der Waals surface area contributed by atoms with E-state index in [4.69, 9.17) is 9.47 Å². The van der Waals surface area contributed by atoms with Crippen LogP contribution in [0.5, 0.6) is 11.5 Å². The number of aromatic nitrogens is 1. The molecular weight excluding hydrogens is 410 g/mol. The molecule has 7 heteroatoms.